The fraction of sp³-hybridized carbons (Fsp3) is 0.286. The van der Waals surface area contributed by atoms with Crippen LogP contribution in [0.5, 0.6) is 0 Å². The number of nitrogen functional groups attached to an aromatic ring is 2. The van der Waals surface area contributed by atoms with Crippen LogP contribution in [0.2, 0.25) is 0 Å². The highest BCUT2D eigenvalue weighted by Crippen LogP contribution is 2.10. The predicted molar refractivity (Wildman–Crippen MR) is 111 cm³/mol. The number of anilines is 4. The van der Waals surface area contributed by atoms with Gasteiger partial charge in [-0.2, -0.15) is 0 Å². The first-order valence-corrected chi connectivity index (χ1v) is 8.91. The minimum Gasteiger partial charge on any atom is -0.382 e. The number of carbonyl (C=O) groups excluding carboxylic acids is 2. The highest BCUT2D eigenvalue weighted by molar-refractivity contribution is 14.1. The smallest absolute Gasteiger partial charge is 0.276 e. The summed E-state index contributed by atoms with van der Waals surface area (Å²) >= 11 is 1.96. The molecule has 0 atom stereocenters. The van der Waals surface area contributed by atoms with Crippen molar-refractivity contribution in [3.8, 4) is 0 Å². The van der Waals surface area contributed by atoms with Gasteiger partial charge in [0.1, 0.15) is 11.4 Å². The molecule has 28 heavy (non-hydrogen) atoms. The van der Waals surface area contributed by atoms with Gasteiger partial charge in [-0.05, 0) is 0 Å². The molecule has 0 saturated carbocycles. The average molecular weight is 503 g/mol. The van der Waals surface area contributed by atoms with Gasteiger partial charge in [0.15, 0.2) is 11.6 Å². The second kappa shape index (κ2) is 9.79. The van der Waals surface area contributed by atoms with Gasteiger partial charge in [0.2, 0.25) is 11.8 Å². The minimum absolute atomic E-state index is 0.0631. The normalized spacial score (nSPS) is 10.6. The highest BCUT2D eigenvalue weighted by Gasteiger charge is 2.14. The van der Waals surface area contributed by atoms with E-state index in [4.69, 9.17) is 11.5 Å². The second-order valence-corrected chi connectivity index (χ2v) is 6.85. The Morgan fingerprint density at radius 1 is 0.929 bits per heavy atom. The Morgan fingerprint density at radius 2 is 1.32 bits per heavy atom. The second-order valence-electron chi connectivity index (χ2n) is 5.49. The van der Waals surface area contributed by atoms with Crippen LogP contribution < -0.4 is 33.2 Å². The van der Waals surface area contributed by atoms with Crippen molar-refractivity contribution in [3.63, 3.8) is 0 Å². The van der Waals surface area contributed by atoms with Crippen LogP contribution >= 0.6 is 22.9 Å². The number of halogens is 1. The van der Waals surface area contributed by atoms with Crippen LogP contribution in [0.15, 0.2) is 22.2 Å². The summed E-state index contributed by atoms with van der Waals surface area (Å²) in [6.07, 6.45) is 2.40. The highest BCUT2D eigenvalue weighted by atomic mass is 127. The van der Waals surface area contributed by atoms with Gasteiger partial charge >= 0.3 is 0 Å². The molecule has 0 saturated heterocycles. The number of rotatable bonds is 8. The van der Waals surface area contributed by atoms with Crippen molar-refractivity contribution in [3.05, 3.63) is 33.4 Å². The van der Waals surface area contributed by atoms with Crippen LogP contribution in [0.3, 0.4) is 0 Å². The monoisotopic (exact) mass is 503 g/mol. The molecule has 0 aromatic carbocycles. The fourth-order valence-electron chi connectivity index (χ4n) is 2.03. The molecule has 150 valence electrons. The predicted octanol–water partition coefficient (Wildman–Crippen LogP) is -0.973. The summed E-state index contributed by atoms with van der Waals surface area (Å²) in [5, 5.41) is 4.81. The summed E-state index contributed by atoms with van der Waals surface area (Å²) in [6, 6.07) is 0. The van der Waals surface area contributed by atoms with E-state index < -0.39 is 22.9 Å². The lowest BCUT2D eigenvalue weighted by Crippen LogP contribution is -2.27. The zero-order valence-electron chi connectivity index (χ0n) is 14.5. The number of nitrogens with one attached hydrogen (secondary N) is 4. The van der Waals surface area contributed by atoms with Crippen molar-refractivity contribution < 1.29 is 9.59 Å². The largest absolute Gasteiger partial charge is 0.382 e. The van der Waals surface area contributed by atoms with Crippen molar-refractivity contribution in [1.29, 1.82) is 0 Å². The van der Waals surface area contributed by atoms with Crippen molar-refractivity contribution in [2.45, 2.75) is 12.8 Å². The minimum atomic E-state index is -0.548. The Hall–Kier alpha value is -3.01. The van der Waals surface area contributed by atoms with E-state index in [1.54, 1.807) is 3.11 Å². The molecular weight excluding hydrogens is 485 g/mol. The van der Waals surface area contributed by atoms with Crippen molar-refractivity contribution >= 4 is 57.7 Å². The number of carbonyl (C=O) groups is 2. The Bertz CT molecular complexity index is 896. The van der Waals surface area contributed by atoms with Gasteiger partial charge in [0, 0.05) is 48.8 Å². The molecule has 0 aliphatic rings. The maximum absolute atomic E-state index is 12.0. The SMILES string of the molecule is Nc1nc[nH]c(=O)c1NC(=O)CCN(I)CCC(=O)Nc1c(N)nc[nH]c1=O. The summed E-state index contributed by atoms with van der Waals surface area (Å²) in [5.74, 6) is -1.01. The molecule has 0 spiro atoms. The molecule has 0 aliphatic heterocycles. The number of hydrogen-bond acceptors (Lipinski definition) is 9. The lowest BCUT2D eigenvalue weighted by molar-refractivity contribution is -0.116. The van der Waals surface area contributed by atoms with E-state index in [2.05, 4.69) is 30.6 Å². The summed E-state index contributed by atoms with van der Waals surface area (Å²) in [4.78, 5) is 59.2. The van der Waals surface area contributed by atoms with Gasteiger partial charge in [-0.1, -0.05) is 0 Å². The molecule has 2 heterocycles. The standard InChI is InChI=1S/C14H18IN9O4/c15-24(3-1-7(25)22-9-11(16)18-5-20-13(9)27)4-2-8(26)23-10-12(17)19-6-21-14(10)28/h5-6H,1-4H2,(H,22,25)(H,23,26)(H3,16,18,20,27)(H3,17,19,21,28). The molecular formula is C14H18IN9O4. The van der Waals surface area contributed by atoms with Gasteiger partial charge in [0.25, 0.3) is 11.1 Å². The van der Waals surface area contributed by atoms with Crippen LogP contribution in [-0.4, -0.2) is 48.0 Å². The van der Waals surface area contributed by atoms with Crippen LogP contribution in [0, 0.1) is 0 Å². The first-order chi connectivity index (χ1) is 13.3. The van der Waals surface area contributed by atoms with Gasteiger partial charge in [-0.25, -0.2) is 13.1 Å². The molecule has 2 amide bonds. The van der Waals surface area contributed by atoms with Gasteiger partial charge in [-0.3, -0.25) is 19.2 Å². The molecule has 2 rings (SSSR count). The third kappa shape index (κ3) is 6.02. The van der Waals surface area contributed by atoms with Gasteiger partial charge in [-0.15, -0.1) is 0 Å². The molecule has 2 aromatic rings. The van der Waals surface area contributed by atoms with E-state index >= 15 is 0 Å². The van der Waals surface area contributed by atoms with Gasteiger partial charge in [0.05, 0.1) is 12.7 Å². The fourth-order valence-corrected chi connectivity index (χ4v) is 2.51. The summed E-state index contributed by atoms with van der Waals surface area (Å²) < 4.78 is 1.71. The van der Waals surface area contributed by atoms with E-state index in [0.717, 1.165) is 12.7 Å². The van der Waals surface area contributed by atoms with E-state index in [1.165, 1.54) is 0 Å². The number of aromatic nitrogens is 4. The number of amides is 2. The van der Waals surface area contributed by atoms with E-state index in [1.807, 2.05) is 22.9 Å². The first-order valence-electron chi connectivity index (χ1n) is 7.94. The number of nitrogens with zero attached hydrogens (tertiary/aromatic N) is 3. The lowest BCUT2D eigenvalue weighted by Gasteiger charge is -2.14. The maximum Gasteiger partial charge on any atom is 0.276 e. The van der Waals surface area contributed by atoms with Crippen LogP contribution in [0.4, 0.5) is 23.0 Å². The molecule has 8 N–H and O–H groups in total. The Labute approximate surface area is 171 Å². The zero-order chi connectivity index (χ0) is 20.7. The molecule has 0 fully saturated rings. The topological polar surface area (TPSA) is 205 Å². The molecule has 0 radical (unpaired) electrons. The lowest BCUT2D eigenvalue weighted by atomic mass is 10.3. The van der Waals surface area contributed by atoms with Crippen LogP contribution in [0.25, 0.3) is 0 Å². The van der Waals surface area contributed by atoms with E-state index in [0.29, 0.717) is 13.1 Å². The zero-order valence-corrected chi connectivity index (χ0v) is 16.6. The summed E-state index contributed by atoms with van der Waals surface area (Å²) in [5.41, 5.74) is 9.80. The van der Waals surface area contributed by atoms with Crippen molar-refractivity contribution in [2.24, 2.45) is 0 Å². The number of nitrogens with two attached hydrogens (primary N) is 2. The maximum atomic E-state index is 12.0. The van der Waals surface area contributed by atoms with Crippen LogP contribution in [0.1, 0.15) is 12.8 Å². The number of aromatic amines is 2. The molecule has 0 bridgehead atoms. The molecule has 0 aliphatic carbocycles. The first kappa shape index (κ1) is 21.3. The van der Waals surface area contributed by atoms with E-state index in [9.17, 15) is 19.2 Å². The van der Waals surface area contributed by atoms with Gasteiger partial charge < -0.3 is 32.1 Å². The quantitative estimate of drug-likeness (QED) is 0.193. The Kier molecular flexibility index (Phi) is 7.44. The number of hydrogen-bond donors (Lipinski definition) is 6. The van der Waals surface area contributed by atoms with E-state index in [-0.39, 0.29) is 35.9 Å². The van der Waals surface area contributed by atoms with Crippen LogP contribution in [-0.2, 0) is 9.59 Å². The molecule has 2 aromatic heterocycles. The van der Waals surface area contributed by atoms with Crippen molar-refractivity contribution in [1.82, 2.24) is 23.0 Å². The molecule has 13 nitrogen and oxygen atoms in total. The summed E-state index contributed by atoms with van der Waals surface area (Å²) in [7, 11) is 0. The number of H-pyrrole nitrogens is 2. The average Bonchev–Trinajstić information content (AvgIpc) is 2.64. The Morgan fingerprint density at radius 3 is 1.68 bits per heavy atom. The third-order valence-electron chi connectivity index (χ3n) is 3.46. The molecule has 14 heteroatoms. The Balaban J connectivity index is 1.77. The van der Waals surface area contributed by atoms with Crippen molar-refractivity contribution in [2.75, 3.05) is 35.2 Å². The summed E-state index contributed by atoms with van der Waals surface area (Å²) in [6.45, 7) is 0.626. The molecule has 0 unspecified atom stereocenters. The third-order valence-corrected chi connectivity index (χ3v) is 4.42.